The molecule has 6 aromatic rings. The number of benzene rings is 4. The first-order chi connectivity index (χ1) is 20.4. The molecule has 2 nitrogen and oxygen atoms in total. The van der Waals surface area contributed by atoms with Crippen LogP contribution in [0.15, 0.2) is 109 Å². The van der Waals surface area contributed by atoms with Crippen molar-refractivity contribution in [2.24, 2.45) is 0 Å². The normalized spacial score (nSPS) is 9.90. The maximum atomic E-state index is 5.39. The van der Waals surface area contributed by atoms with Crippen LogP contribution >= 0.6 is 17.0 Å². The molecule has 42 heavy (non-hydrogen) atoms. The molecule has 0 atom stereocenters. The molecule has 0 saturated heterocycles. The fourth-order valence-electron chi connectivity index (χ4n) is 4.84. The van der Waals surface area contributed by atoms with E-state index in [9.17, 15) is 0 Å². The van der Waals surface area contributed by atoms with E-state index < -0.39 is 20.8 Å². The van der Waals surface area contributed by atoms with Crippen LogP contribution in [0.1, 0.15) is 11.1 Å². The third-order valence-corrected chi connectivity index (χ3v) is 6.52. The van der Waals surface area contributed by atoms with Gasteiger partial charge in [0.25, 0.3) is 0 Å². The summed E-state index contributed by atoms with van der Waals surface area (Å²) in [4.78, 5) is 0. The molecule has 6 rings (SSSR count). The van der Waals surface area contributed by atoms with E-state index in [1.165, 1.54) is 54.9 Å². The minimum atomic E-state index is -0.826. The van der Waals surface area contributed by atoms with Gasteiger partial charge in [-0.3, -0.25) is 0 Å². The number of hydrogen-bond donors (Lipinski definition) is 0. The number of fused-ring (bicyclic) bond motifs is 2. The molecule has 0 fully saturated rings. The quantitative estimate of drug-likeness (QED) is 0.135. The topological polar surface area (TPSA) is 18.5 Å². The molecule has 0 saturated carbocycles. The van der Waals surface area contributed by atoms with Gasteiger partial charge in [-0.25, -0.2) is 0 Å². The molecule has 6 heteroatoms. The summed E-state index contributed by atoms with van der Waals surface area (Å²) in [6.07, 6.45) is 0. The second kappa shape index (κ2) is 17.5. The van der Waals surface area contributed by atoms with Gasteiger partial charge in [0.1, 0.15) is 0 Å². The fraction of sp³-hybridized carbons (Fsp3) is 0.167. The summed E-state index contributed by atoms with van der Waals surface area (Å²) in [6, 6.07) is 38.1. The van der Waals surface area contributed by atoms with Crippen LogP contribution in [-0.4, -0.2) is 23.7 Å². The predicted molar refractivity (Wildman–Crippen MR) is 182 cm³/mol. The molecule has 0 heterocycles. The molecule has 0 aliphatic heterocycles. The van der Waals surface area contributed by atoms with Crippen LogP contribution in [0.25, 0.3) is 43.8 Å². The first-order valence-corrected chi connectivity index (χ1v) is 21.9. The number of ether oxygens (including phenoxy) is 2. The number of hydrogen-bond acceptors (Lipinski definition) is 2. The van der Waals surface area contributed by atoms with Crippen LogP contribution in [0.2, 0.25) is 13.1 Å². The zero-order valence-electron chi connectivity index (χ0n) is 25.0. The van der Waals surface area contributed by atoms with Crippen LogP contribution < -0.4 is 9.47 Å². The van der Waals surface area contributed by atoms with Crippen molar-refractivity contribution in [1.82, 2.24) is 0 Å². The van der Waals surface area contributed by atoms with E-state index in [0.29, 0.717) is 0 Å². The van der Waals surface area contributed by atoms with Crippen LogP contribution in [0.3, 0.4) is 0 Å². The van der Waals surface area contributed by atoms with Crippen molar-refractivity contribution in [3.63, 3.8) is 0 Å². The standard InChI is InChI=1S/2C17H15O.C2H6Si.2ClH.Zr/c2*1-12-8-14-10-15(18-2)11-17(16(14)9-12)13-6-4-3-5-7-13;1-3-2;;;/h2*3-11H,1-2H3;1-2H3;2*1H;/q2*-1;;;;+4/p-2. The van der Waals surface area contributed by atoms with Crippen molar-refractivity contribution in [3.8, 4) is 33.8 Å². The average molecular weight is 691 g/mol. The molecule has 0 bridgehead atoms. The molecule has 0 spiro atoms. The Hall–Kier alpha value is -2.62. The van der Waals surface area contributed by atoms with Gasteiger partial charge in [-0.2, -0.15) is 12.1 Å². The van der Waals surface area contributed by atoms with Crippen molar-refractivity contribution < 1.29 is 30.3 Å². The molecule has 0 amide bonds. The van der Waals surface area contributed by atoms with E-state index >= 15 is 0 Å². The molecule has 214 valence electrons. The average Bonchev–Trinajstić information content (AvgIpc) is 3.58. The van der Waals surface area contributed by atoms with Gasteiger partial charge in [-0.05, 0) is 23.3 Å². The van der Waals surface area contributed by atoms with Gasteiger partial charge in [-0.1, -0.05) is 111 Å². The van der Waals surface area contributed by atoms with Crippen LogP contribution in [0, 0.1) is 13.8 Å². The van der Waals surface area contributed by atoms with Crippen molar-refractivity contribution in [1.29, 1.82) is 0 Å². The molecule has 2 radical (unpaired) electrons. The summed E-state index contributed by atoms with van der Waals surface area (Å²) in [5.41, 5.74) is 7.50. The summed E-state index contributed by atoms with van der Waals surface area (Å²) in [6.45, 7) is 8.56. The van der Waals surface area contributed by atoms with E-state index in [0.717, 1.165) is 21.0 Å². The molecule has 0 aliphatic rings. The van der Waals surface area contributed by atoms with Gasteiger partial charge >= 0.3 is 37.9 Å². The summed E-state index contributed by atoms with van der Waals surface area (Å²) in [7, 11) is 14.4. The van der Waals surface area contributed by atoms with Gasteiger partial charge in [0, 0.05) is 9.52 Å². The number of halogens is 2. The van der Waals surface area contributed by atoms with Gasteiger partial charge in [0.05, 0.1) is 25.7 Å². The van der Waals surface area contributed by atoms with Crippen molar-refractivity contribution in [3.05, 3.63) is 120 Å². The summed E-state index contributed by atoms with van der Waals surface area (Å²) < 4.78 is 10.8. The van der Waals surface area contributed by atoms with Gasteiger partial charge in [0.2, 0.25) is 0 Å². The van der Waals surface area contributed by atoms with E-state index in [1.807, 2.05) is 12.1 Å². The number of methoxy groups -OCH3 is 2. The Morgan fingerprint density at radius 1 is 0.595 bits per heavy atom. The van der Waals surface area contributed by atoms with E-state index in [2.05, 4.69) is 124 Å². The summed E-state index contributed by atoms with van der Waals surface area (Å²) in [5.74, 6) is 1.82. The van der Waals surface area contributed by atoms with Crippen LogP contribution in [0.4, 0.5) is 0 Å². The zero-order chi connectivity index (χ0) is 30.5. The third kappa shape index (κ3) is 9.19. The monoisotopic (exact) mass is 688 g/mol. The molecule has 0 N–H and O–H groups in total. The minimum absolute atomic E-state index is 0.826. The fourth-order valence-corrected chi connectivity index (χ4v) is 4.84. The Bertz CT molecular complexity index is 1540. The van der Waals surface area contributed by atoms with E-state index in [1.54, 1.807) is 14.2 Å². The molecule has 0 aromatic heterocycles. The number of aryl methyl sites for hydroxylation is 2. The molecule has 6 aromatic carbocycles. The van der Waals surface area contributed by atoms with Gasteiger partial charge in [-0.15, -0.1) is 44.8 Å². The maximum absolute atomic E-state index is 5.39. The summed E-state index contributed by atoms with van der Waals surface area (Å²) >= 11 is -0.826. The second-order valence-electron chi connectivity index (χ2n) is 9.72. The van der Waals surface area contributed by atoms with Gasteiger partial charge in [0.15, 0.2) is 0 Å². The Labute approximate surface area is 271 Å². The van der Waals surface area contributed by atoms with Crippen molar-refractivity contribution in [2.45, 2.75) is 26.9 Å². The van der Waals surface area contributed by atoms with Gasteiger partial charge < -0.3 is 9.47 Å². The first kappa shape index (κ1) is 33.9. The predicted octanol–water partition coefficient (Wildman–Crippen LogP) is 11.2. The van der Waals surface area contributed by atoms with E-state index in [4.69, 9.17) is 26.5 Å². The summed E-state index contributed by atoms with van der Waals surface area (Å²) in [5, 5.41) is 5.07. The van der Waals surface area contributed by atoms with Crippen molar-refractivity contribution >= 4 is 48.1 Å². The molecular formula is C36H36Cl2O2SiZr. The Morgan fingerprint density at radius 2 is 0.929 bits per heavy atom. The van der Waals surface area contributed by atoms with Crippen LogP contribution in [-0.2, 0) is 20.8 Å². The Balaban J connectivity index is 0.000000195. The molecule has 0 unspecified atom stereocenters. The first-order valence-electron chi connectivity index (χ1n) is 13.5. The van der Waals surface area contributed by atoms with Crippen LogP contribution in [0.5, 0.6) is 11.5 Å². The SMILES string of the molecule is COc1cc(-c2ccccc2)c2cc(C)[cH-]c2c1.COc1cc(-c2ccccc2)c2cc(C)[cH-]c2c1.C[Si]C.[Cl][Zr+2][Cl]. The Morgan fingerprint density at radius 3 is 1.24 bits per heavy atom. The van der Waals surface area contributed by atoms with Crippen molar-refractivity contribution in [2.75, 3.05) is 14.2 Å². The Kier molecular flexibility index (Phi) is 14.1. The zero-order valence-corrected chi connectivity index (χ0v) is 29.9. The molecular weight excluding hydrogens is 655 g/mol. The van der Waals surface area contributed by atoms with E-state index in [-0.39, 0.29) is 0 Å². The third-order valence-electron chi connectivity index (χ3n) is 6.52. The molecule has 0 aliphatic carbocycles. The number of rotatable bonds is 4. The second-order valence-corrected chi connectivity index (χ2v) is 14.5.